The number of nitrogens with two attached hydrogens (primary N) is 1. The summed E-state index contributed by atoms with van der Waals surface area (Å²) in [7, 11) is 0. The highest BCUT2D eigenvalue weighted by molar-refractivity contribution is 5.96. The van der Waals surface area contributed by atoms with Crippen molar-refractivity contribution in [1.82, 2.24) is 31.9 Å². The van der Waals surface area contributed by atoms with Crippen LogP contribution in [0.3, 0.4) is 0 Å². The Labute approximate surface area is 263 Å². The van der Waals surface area contributed by atoms with Crippen LogP contribution in [0.5, 0.6) is 0 Å². The van der Waals surface area contributed by atoms with Gasteiger partial charge in [-0.25, -0.2) is 4.79 Å². The van der Waals surface area contributed by atoms with Crippen LogP contribution in [0.4, 0.5) is 0 Å². The number of aliphatic carboxylic acids is 1. The number of hydrogen-bond donors (Lipinski definition) is 9. The Balaban J connectivity index is 2.97. The van der Waals surface area contributed by atoms with Crippen LogP contribution in [0.15, 0.2) is 0 Å². The van der Waals surface area contributed by atoms with E-state index in [-0.39, 0.29) is 37.5 Å². The van der Waals surface area contributed by atoms with Gasteiger partial charge >= 0.3 is 5.97 Å². The van der Waals surface area contributed by atoms with Crippen molar-refractivity contribution >= 4 is 41.4 Å². The first-order valence-corrected chi connectivity index (χ1v) is 15.4. The minimum absolute atomic E-state index is 0.0560. The lowest BCUT2D eigenvalue weighted by atomic mass is 10.0. The Bertz CT molecular complexity index is 1060. The minimum atomic E-state index is -1.51. The lowest BCUT2D eigenvalue weighted by molar-refractivity contribution is -0.143. The van der Waals surface area contributed by atoms with E-state index in [9.17, 15) is 43.8 Å². The summed E-state index contributed by atoms with van der Waals surface area (Å²) >= 11 is 0. The van der Waals surface area contributed by atoms with Crippen molar-refractivity contribution in [2.24, 2.45) is 17.6 Å². The van der Waals surface area contributed by atoms with E-state index in [0.29, 0.717) is 13.0 Å². The van der Waals surface area contributed by atoms with Gasteiger partial charge in [0.15, 0.2) is 0 Å². The van der Waals surface area contributed by atoms with E-state index in [1.54, 1.807) is 13.8 Å². The molecule has 1 aliphatic rings. The molecule has 0 unspecified atom stereocenters. The molecule has 0 saturated carbocycles. The molecule has 1 aliphatic heterocycles. The smallest absolute Gasteiger partial charge is 0.326 e. The van der Waals surface area contributed by atoms with Gasteiger partial charge in [-0.15, -0.1) is 0 Å². The first-order chi connectivity index (χ1) is 20.9. The molecule has 45 heavy (non-hydrogen) atoms. The highest BCUT2D eigenvalue weighted by atomic mass is 16.4. The SMILES string of the molecule is CC(C)C[C@H](NC(=O)[C@@H](NC(=O)[C@H](C)NC(=O)[C@H](CC(C)C)NC(=O)[C@H](CCC(N)=O)NC(=O)[C@@H]1CCCN1)[C@@H](C)O)C(=O)O. The lowest BCUT2D eigenvalue weighted by Crippen LogP contribution is -2.60. The minimum Gasteiger partial charge on any atom is -0.480 e. The number of hydrogen-bond acceptors (Lipinski definition) is 9. The molecule has 1 heterocycles. The highest BCUT2D eigenvalue weighted by Gasteiger charge is 2.34. The standard InChI is InChI=1S/C29H51N7O9/c1-14(2)12-20(34-26(41)19(9-10-22(30)38)33-25(40)18-8-7-11-31-18)27(42)32-16(5)24(39)36-23(17(6)37)28(43)35-21(29(44)45)13-15(3)4/h14-21,23,31,37H,7-13H2,1-6H3,(H2,30,38)(H,32,42)(H,33,40)(H,34,41)(H,35,43)(H,36,39)(H,44,45)/t16-,17+,18-,19-,20-,21-,23-/m0/s1. The molecule has 0 aromatic carbocycles. The average molecular weight is 642 g/mol. The van der Waals surface area contributed by atoms with Crippen LogP contribution in [0, 0.1) is 11.8 Å². The predicted octanol–water partition coefficient (Wildman–Crippen LogP) is -1.99. The molecule has 0 aromatic rings. The third-order valence-corrected chi connectivity index (χ3v) is 7.17. The number of carboxylic acid groups (broad SMARTS) is 1. The van der Waals surface area contributed by atoms with E-state index in [1.807, 2.05) is 13.8 Å². The maximum atomic E-state index is 13.3. The fraction of sp³-hybridized carbons (Fsp3) is 0.759. The second-order valence-corrected chi connectivity index (χ2v) is 12.4. The van der Waals surface area contributed by atoms with Crippen LogP contribution >= 0.6 is 0 Å². The molecule has 1 fully saturated rings. The molecule has 0 bridgehead atoms. The number of carboxylic acids is 1. The molecule has 1 rings (SSSR count). The molecule has 256 valence electrons. The van der Waals surface area contributed by atoms with Gasteiger partial charge in [0.2, 0.25) is 35.4 Å². The number of primary amides is 1. The van der Waals surface area contributed by atoms with E-state index in [1.165, 1.54) is 13.8 Å². The molecule has 0 aliphatic carbocycles. The molecular weight excluding hydrogens is 590 g/mol. The first kappa shape index (κ1) is 39.2. The van der Waals surface area contributed by atoms with Crippen LogP contribution in [-0.4, -0.2) is 101 Å². The summed E-state index contributed by atoms with van der Waals surface area (Å²) in [4.78, 5) is 87.9. The summed E-state index contributed by atoms with van der Waals surface area (Å²) in [6.45, 7) is 10.4. The van der Waals surface area contributed by atoms with Gasteiger partial charge in [0.1, 0.15) is 30.2 Å². The van der Waals surface area contributed by atoms with Crippen molar-refractivity contribution in [3.05, 3.63) is 0 Å². The van der Waals surface area contributed by atoms with Gasteiger partial charge in [0.05, 0.1) is 12.1 Å². The Hall–Kier alpha value is -3.79. The predicted molar refractivity (Wildman–Crippen MR) is 163 cm³/mol. The monoisotopic (exact) mass is 641 g/mol. The maximum absolute atomic E-state index is 13.3. The average Bonchev–Trinajstić information content (AvgIpc) is 3.47. The Morgan fingerprint density at radius 1 is 0.756 bits per heavy atom. The molecule has 0 spiro atoms. The molecule has 1 saturated heterocycles. The molecular formula is C29H51N7O9. The number of rotatable bonds is 19. The molecule has 16 heteroatoms. The summed E-state index contributed by atoms with van der Waals surface area (Å²) in [6, 6.07) is -6.75. The van der Waals surface area contributed by atoms with Gasteiger partial charge in [-0.2, -0.15) is 0 Å². The summed E-state index contributed by atoms with van der Waals surface area (Å²) in [5, 5.41) is 35.0. The lowest BCUT2D eigenvalue weighted by Gasteiger charge is -2.27. The molecule has 0 radical (unpaired) electrons. The van der Waals surface area contributed by atoms with E-state index in [4.69, 9.17) is 5.73 Å². The van der Waals surface area contributed by atoms with E-state index >= 15 is 0 Å². The van der Waals surface area contributed by atoms with E-state index in [2.05, 4.69) is 31.9 Å². The molecule has 7 atom stereocenters. The summed E-state index contributed by atoms with van der Waals surface area (Å²) in [5.74, 6) is -5.67. The summed E-state index contributed by atoms with van der Waals surface area (Å²) in [5.41, 5.74) is 5.26. The molecule has 10 N–H and O–H groups in total. The number of amides is 6. The maximum Gasteiger partial charge on any atom is 0.326 e. The first-order valence-electron chi connectivity index (χ1n) is 15.4. The van der Waals surface area contributed by atoms with Gasteiger partial charge in [-0.05, 0) is 64.3 Å². The van der Waals surface area contributed by atoms with Crippen LogP contribution < -0.4 is 37.6 Å². The largest absolute Gasteiger partial charge is 0.480 e. The van der Waals surface area contributed by atoms with Crippen molar-refractivity contribution in [2.75, 3.05) is 6.54 Å². The zero-order valence-corrected chi connectivity index (χ0v) is 27.0. The Kier molecular flexibility index (Phi) is 16.5. The second-order valence-electron chi connectivity index (χ2n) is 12.4. The van der Waals surface area contributed by atoms with Gasteiger partial charge in [-0.3, -0.25) is 28.8 Å². The molecule has 6 amide bonds. The van der Waals surface area contributed by atoms with Crippen molar-refractivity contribution in [1.29, 1.82) is 0 Å². The number of nitrogens with one attached hydrogen (secondary N) is 6. The van der Waals surface area contributed by atoms with Crippen LogP contribution in [-0.2, 0) is 33.6 Å². The van der Waals surface area contributed by atoms with E-state index in [0.717, 1.165) is 6.42 Å². The van der Waals surface area contributed by atoms with Crippen molar-refractivity contribution in [3.8, 4) is 0 Å². The van der Waals surface area contributed by atoms with Crippen LogP contribution in [0.2, 0.25) is 0 Å². The summed E-state index contributed by atoms with van der Waals surface area (Å²) in [6.07, 6.45) is 0.00494. The van der Waals surface area contributed by atoms with Gasteiger partial charge in [0.25, 0.3) is 0 Å². The Morgan fingerprint density at radius 2 is 1.31 bits per heavy atom. The third kappa shape index (κ3) is 14.2. The number of carbonyl (C=O) groups excluding carboxylic acids is 6. The fourth-order valence-corrected chi connectivity index (χ4v) is 4.73. The third-order valence-electron chi connectivity index (χ3n) is 7.17. The Morgan fingerprint density at radius 3 is 1.80 bits per heavy atom. The topological polar surface area (TPSA) is 258 Å². The number of aliphatic hydroxyl groups is 1. The number of carbonyl (C=O) groups is 7. The zero-order valence-electron chi connectivity index (χ0n) is 27.0. The van der Waals surface area contributed by atoms with Gasteiger partial charge < -0.3 is 47.8 Å². The quantitative estimate of drug-likeness (QED) is 0.0750. The van der Waals surface area contributed by atoms with Crippen LogP contribution in [0.25, 0.3) is 0 Å². The van der Waals surface area contributed by atoms with Crippen molar-refractivity contribution in [3.63, 3.8) is 0 Å². The number of aliphatic hydroxyl groups excluding tert-OH is 1. The normalized spacial score (nSPS) is 18.6. The van der Waals surface area contributed by atoms with Gasteiger partial charge in [-0.1, -0.05) is 27.7 Å². The van der Waals surface area contributed by atoms with Crippen LogP contribution in [0.1, 0.15) is 80.1 Å². The molecule has 0 aromatic heterocycles. The van der Waals surface area contributed by atoms with Crippen molar-refractivity contribution < 1.29 is 43.8 Å². The van der Waals surface area contributed by atoms with Gasteiger partial charge in [0, 0.05) is 6.42 Å². The zero-order chi connectivity index (χ0) is 34.4. The highest BCUT2D eigenvalue weighted by Crippen LogP contribution is 2.10. The second kappa shape index (κ2) is 18.9. The van der Waals surface area contributed by atoms with E-state index < -0.39 is 83.8 Å². The van der Waals surface area contributed by atoms with Crippen molar-refractivity contribution in [2.45, 2.75) is 122 Å². The fourth-order valence-electron chi connectivity index (χ4n) is 4.73. The molecule has 16 nitrogen and oxygen atoms in total. The summed E-state index contributed by atoms with van der Waals surface area (Å²) < 4.78 is 0.